The molecule has 3 aromatic rings. The van der Waals surface area contributed by atoms with Crippen molar-refractivity contribution in [1.29, 1.82) is 0 Å². The summed E-state index contributed by atoms with van der Waals surface area (Å²) >= 11 is 0. The Labute approximate surface area is 164 Å². The van der Waals surface area contributed by atoms with E-state index < -0.39 is 5.72 Å². The fraction of sp³-hybridized carbons (Fsp3) is 0.261. The molecule has 0 saturated heterocycles. The van der Waals surface area contributed by atoms with Crippen molar-refractivity contribution in [2.45, 2.75) is 18.6 Å². The first-order valence-corrected chi connectivity index (χ1v) is 9.45. The number of methoxy groups -OCH3 is 1. The molecule has 1 atom stereocenters. The molecule has 2 aromatic carbocycles. The molecule has 0 bridgehead atoms. The van der Waals surface area contributed by atoms with Gasteiger partial charge in [-0.25, -0.2) is 0 Å². The quantitative estimate of drug-likeness (QED) is 0.666. The summed E-state index contributed by atoms with van der Waals surface area (Å²) in [6.45, 7) is 0.645. The van der Waals surface area contributed by atoms with Crippen LogP contribution in [0, 0.1) is 0 Å². The van der Waals surface area contributed by atoms with Gasteiger partial charge in [-0.2, -0.15) is 0 Å². The van der Waals surface area contributed by atoms with Crippen LogP contribution >= 0.6 is 0 Å². The minimum Gasteiger partial charge on any atom is -0.380 e. The highest BCUT2D eigenvalue weighted by Gasteiger charge is 2.45. The number of H-pyrrole nitrogens is 1. The number of hydrogen-bond acceptors (Lipinski definition) is 3. The Bertz CT molecular complexity index is 1010. The number of carbonyl (C=O) groups is 1. The number of carbonyl (C=O) groups excluding carboxylic acids is 1. The van der Waals surface area contributed by atoms with Crippen LogP contribution in [0.3, 0.4) is 0 Å². The van der Waals surface area contributed by atoms with Crippen molar-refractivity contribution in [3.05, 3.63) is 83.6 Å². The smallest absolute Gasteiger partial charge is 0.249 e. The Balaban J connectivity index is 1.59. The number of hydrogen-bond donors (Lipinski definition) is 2. The lowest BCUT2D eigenvalue weighted by molar-refractivity contribution is -0.142. The largest absolute Gasteiger partial charge is 0.380 e. The molecule has 0 fully saturated rings. The number of benzene rings is 2. The molecule has 1 unspecified atom stereocenters. The first kappa shape index (κ1) is 18.5. The van der Waals surface area contributed by atoms with Crippen LogP contribution in [0.4, 0.5) is 0 Å². The topological polar surface area (TPSA) is 65.6 Å². The van der Waals surface area contributed by atoms with Gasteiger partial charge in [0.15, 0.2) is 5.72 Å². The molecule has 0 aliphatic carbocycles. The van der Waals surface area contributed by atoms with Gasteiger partial charge in [-0.1, -0.05) is 48.5 Å². The minimum atomic E-state index is -1.37. The summed E-state index contributed by atoms with van der Waals surface area (Å²) in [5, 5.41) is 12.7. The summed E-state index contributed by atoms with van der Waals surface area (Å²) in [6.07, 6.45) is 4.48. The van der Waals surface area contributed by atoms with E-state index in [0.29, 0.717) is 25.0 Å². The van der Waals surface area contributed by atoms with E-state index in [0.717, 1.165) is 22.0 Å². The Kier molecular flexibility index (Phi) is 5.03. The highest BCUT2D eigenvalue weighted by Crippen LogP contribution is 2.33. The van der Waals surface area contributed by atoms with Crippen molar-refractivity contribution in [3.63, 3.8) is 0 Å². The molecular weight excluding hydrogens is 352 g/mol. The van der Waals surface area contributed by atoms with E-state index in [-0.39, 0.29) is 12.5 Å². The maximum Gasteiger partial charge on any atom is 0.249 e. The third-order valence-electron chi connectivity index (χ3n) is 5.40. The molecular formula is C23H24N2O3. The predicted octanol–water partition coefficient (Wildman–Crippen LogP) is 3.06. The average molecular weight is 376 g/mol. The van der Waals surface area contributed by atoms with E-state index in [1.807, 2.05) is 54.7 Å². The van der Waals surface area contributed by atoms with Gasteiger partial charge in [0.1, 0.15) is 0 Å². The summed E-state index contributed by atoms with van der Waals surface area (Å²) in [6, 6.07) is 17.8. The summed E-state index contributed by atoms with van der Waals surface area (Å²) in [5.41, 5.74) is 2.40. The molecule has 1 aliphatic heterocycles. The number of nitrogens with one attached hydrogen (secondary N) is 1. The minimum absolute atomic E-state index is 0.176. The van der Waals surface area contributed by atoms with Crippen molar-refractivity contribution in [2.75, 3.05) is 20.3 Å². The normalized spacial score (nSPS) is 19.4. The Hall–Kier alpha value is -2.89. The molecule has 0 spiro atoms. The van der Waals surface area contributed by atoms with E-state index in [4.69, 9.17) is 4.74 Å². The number of nitrogens with zero attached hydrogens (tertiary/aromatic N) is 1. The van der Waals surface area contributed by atoms with Gasteiger partial charge in [0.25, 0.3) is 0 Å². The number of amides is 1. The molecule has 1 amide bonds. The summed E-state index contributed by atoms with van der Waals surface area (Å²) in [4.78, 5) is 17.5. The maximum atomic E-state index is 12.7. The van der Waals surface area contributed by atoms with Crippen LogP contribution in [0.15, 0.2) is 72.4 Å². The van der Waals surface area contributed by atoms with Crippen LogP contribution < -0.4 is 0 Å². The number of ether oxygens (including phenoxy) is 1. The molecule has 0 radical (unpaired) electrons. The van der Waals surface area contributed by atoms with Gasteiger partial charge in [-0.05, 0) is 23.6 Å². The van der Waals surface area contributed by atoms with E-state index >= 15 is 0 Å². The van der Waals surface area contributed by atoms with Crippen LogP contribution in [-0.4, -0.2) is 46.9 Å². The third-order valence-corrected chi connectivity index (χ3v) is 5.40. The molecule has 1 aromatic heterocycles. The SMILES string of the molecule is COCC1=CC(=O)N(CCc2c[nH]c3ccccc23)C1(O)Cc1ccccc1. The van der Waals surface area contributed by atoms with Crippen molar-refractivity contribution < 1.29 is 14.6 Å². The fourth-order valence-corrected chi connectivity index (χ4v) is 3.97. The van der Waals surface area contributed by atoms with E-state index in [1.54, 1.807) is 12.0 Å². The number of aromatic amines is 1. The van der Waals surface area contributed by atoms with Crippen molar-refractivity contribution in [2.24, 2.45) is 0 Å². The molecule has 28 heavy (non-hydrogen) atoms. The van der Waals surface area contributed by atoms with Gasteiger partial charge >= 0.3 is 0 Å². The number of aliphatic hydroxyl groups is 1. The number of fused-ring (bicyclic) bond motifs is 1. The van der Waals surface area contributed by atoms with Gasteiger partial charge in [-0.3, -0.25) is 4.79 Å². The van der Waals surface area contributed by atoms with Crippen LogP contribution in [-0.2, 0) is 22.4 Å². The van der Waals surface area contributed by atoms with Crippen LogP contribution in [0.1, 0.15) is 11.1 Å². The second-order valence-electron chi connectivity index (χ2n) is 7.18. The number of para-hydroxylation sites is 1. The maximum absolute atomic E-state index is 12.7. The predicted molar refractivity (Wildman–Crippen MR) is 109 cm³/mol. The molecule has 2 N–H and O–H groups in total. The lowest BCUT2D eigenvalue weighted by Crippen LogP contribution is -2.51. The highest BCUT2D eigenvalue weighted by atomic mass is 16.5. The Morgan fingerprint density at radius 2 is 1.86 bits per heavy atom. The molecule has 2 heterocycles. The zero-order chi connectivity index (χ0) is 19.6. The second kappa shape index (κ2) is 7.62. The molecule has 4 rings (SSSR count). The standard InChI is InChI=1S/C23H24N2O3/c1-28-16-19-13-22(26)25(23(19,27)14-17-7-3-2-4-8-17)12-11-18-15-24-21-10-6-5-9-20(18)21/h2-10,13,15,24,27H,11-12,14,16H2,1H3. The number of aromatic nitrogens is 1. The zero-order valence-electron chi connectivity index (χ0n) is 15.9. The molecule has 1 aliphatic rings. The molecule has 144 valence electrons. The third kappa shape index (κ3) is 3.35. The highest BCUT2D eigenvalue weighted by molar-refractivity contribution is 5.93. The zero-order valence-corrected chi connectivity index (χ0v) is 15.9. The van der Waals surface area contributed by atoms with Crippen molar-refractivity contribution >= 4 is 16.8 Å². The van der Waals surface area contributed by atoms with E-state index in [2.05, 4.69) is 11.1 Å². The lowest BCUT2D eigenvalue weighted by Gasteiger charge is -2.36. The van der Waals surface area contributed by atoms with Crippen LogP contribution in [0.5, 0.6) is 0 Å². The fourth-order valence-electron chi connectivity index (χ4n) is 3.97. The molecule has 5 nitrogen and oxygen atoms in total. The van der Waals surface area contributed by atoms with Gasteiger partial charge in [0, 0.05) is 48.8 Å². The van der Waals surface area contributed by atoms with Crippen molar-refractivity contribution in [3.8, 4) is 0 Å². The first-order valence-electron chi connectivity index (χ1n) is 9.45. The average Bonchev–Trinajstić information content (AvgIpc) is 3.21. The van der Waals surface area contributed by atoms with E-state index in [1.165, 1.54) is 6.08 Å². The van der Waals surface area contributed by atoms with Crippen LogP contribution in [0.25, 0.3) is 10.9 Å². The van der Waals surface area contributed by atoms with Gasteiger partial charge in [0.2, 0.25) is 5.91 Å². The van der Waals surface area contributed by atoms with Gasteiger partial charge in [0.05, 0.1) is 6.61 Å². The van der Waals surface area contributed by atoms with Crippen LogP contribution in [0.2, 0.25) is 0 Å². The second-order valence-corrected chi connectivity index (χ2v) is 7.18. The first-order chi connectivity index (χ1) is 13.6. The molecule has 5 heteroatoms. The van der Waals surface area contributed by atoms with Crippen molar-refractivity contribution in [1.82, 2.24) is 9.88 Å². The van der Waals surface area contributed by atoms with Gasteiger partial charge in [-0.15, -0.1) is 0 Å². The number of rotatable bonds is 7. The van der Waals surface area contributed by atoms with Gasteiger partial charge < -0.3 is 19.7 Å². The summed E-state index contributed by atoms with van der Waals surface area (Å²) in [7, 11) is 1.57. The molecule has 0 saturated carbocycles. The Morgan fingerprint density at radius 3 is 2.64 bits per heavy atom. The Morgan fingerprint density at radius 1 is 1.11 bits per heavy atom. The monoisotopic (exact) mass is 376 g/mol. The lowest BCUT2D eigenvalue weighted by atomic mass is 9.95. The summed E-state index contributed by atoms with van der Waals surface area (Å²) in [5.74, 6) is -0.176. The summed E-state index contributed by atoms with van der Waals surface area (Å²) < 4.78 is 5.25. The van der Waals surface area contributed by atoms with E-state index in [9.17, 15) is 9.90 Å².